The average molecular weight is 288 g/mol. The van der Waals surface area contributed by atoms with Crippen LogP contribution in [0.4, 0.5) is 0 Å². The smallest absolute Gasteiger partial charge is 0.221 e. The quantitative estimate of drug-likeness (QED) is 0.844. The Morgan fingerprint density at radius 3 is 3.05 bits per heavy atom. The summed E-state index contributed by atoms with van der Waals surface area (Å²) >= 11 is 0. The minimum absolute atomic E-state index is 0.145. The molecule has 4 heteroatoms. The molecule has 0 unspecified atom stereocenters. The lowest BCUT2D eigenvalue weighted by atomic mass is 10.1. The molecule has 1 aromatic rings. The summed E-state index contributed by atoms with van der Waals surface area (Å²) < 4.78 is 5.38. The van der Waals surface area contributed by atoms with Crippen LogP contribution in [0.15, 0.2) is 30.9 Å². The second-order valence-corrected chi connectivity index (χ2v) is 5.51. The van der Waals surface area contributed by atoms with Crippen LogP contribution in [0.5, 0.6) is 5.75 Å². The van der Waals surface area contributed by atoms with E-state index in [1.54, 1.807) is 7.11 Å². The fourth-order valence-electron chi connectivity index (χ4n) is 2.66. The Labute approximate surface area is 126 Å². The number of carbonyl (C=O) groups is 1. The van der Waals surface area contributed by atoms with E-state index < -0.39 is 0 Å². The highest BCUT2D eigenvalue weighted by atomic mass is 16.5. The molecule has 0 bridgehead atoms. The molecule has 1 atom stereocenters. The maximum atomic E-state index is 11.5. The maximum Gasteiger partial charge on any atom is 0.221 e. The zero-order valence-electron chi connectivity index (χ0n) is 12.9. The summed E-state index contributed by atoms with van der Waals surface area (Å²) in [6, 6.07) is 6.63. The number of carbonyl (C=O) groups excluding carboxylic acids is 1. The number of hydrogen-bond donors (Lipinski definition) is 1. The first-order valence-corrected chi connectivity index (χ1v) is 7.41. The largest absolute Gasteiger partial charge is 0.496 e. The highest BCUT2D eigenvalue weighted by molar-refractivity contribution is 5.76. The lowest BCUT2D eigenvalue weighted by Gasteiger charge is -2.26. The molecule has 21 heavy (non-hydrogen) atoms. The normalized spacial score (nSPS) is 19.7. The van der Waals surface area contributed by atoms with Crippen molar-refractivity contribution in [2.75, 3.05) is 20.2 Å². The predicted molar refractivity (Wildman–Crippen MR) is 84.4 cm³/mol. The number of nitrogens with zero attached hydrogens (tertiary/aromatic N) is 1. The molecule has 1 aromatic carbocycles. The molecular formula is C17H24N2O2. The Morgan fingerprint density at radius 2 is 2.33 bits per heavy atom. The van der Waals surface area contributed by atoms with Gasteiger partial charge in [-0.1, -0.05) is 18.2 Å². The number of amides is 1. The molecule has 114 valence electrons. The van der Waals surface area contributed by atoms with Gasteiger partial charge in [0.25, 0.3) is 0 Å². The van der Waals surface area contributed by atoms with E-state index in [9.17, 15) is 4.79 Å². The molecule has 0 spiro atoms. The molecule has 1 saturated heterocycles. The van der Waals surface area contributed by atoms with E-state index in [1.807, 2.05) is 12.1 Å². The van der Waals surface area contributed by atoms with Crippen LogP contribution < -0.4 is 10.1 Å². The number of nitrogens with one attached hydrogen (secondary N) is 1. The molecule has 2 rings (SSSR count). The van der Waals surface area contributed by atoms with Gasteiger partial charge in [-0.25, -0.2) is 0 Å². The Bertz CT molecular complexity index is 514. The van der Waals surface area contributed by atoms with E-state index in [0.717, 1.165) is 30.8 Å². The standard InChI is InChI=1S/C17H24N2O2/c1-4-5-15-10-14(6-7-16(15)21-3)12-19-9-8-17(20)18-11-13(19)2/h4,6-7,10,13H,1,5,8-9,11-12H2,2-3H3,(H,18,20)/t13-/m0/s1. The van der Waals surface area contributed by atoms with Gasteiger partial charge in [0.05, 0.1) is 7.11 Å². The van der Waals surface area contributed by atoms with Crippen molar-refractivity contribution in [2.24, 2.45) is 0 Å². The van der Waals surface area contributed by atoms with Gasteiger partial charge in [0, 0.05) is 32.1 Å². The summed E-state index contributed by atoms with van der Waals surface area (Å²) in [5.41, 5.74) is 2.40. The van der Waals surface area contributed by atoms with Crippen LogP contribution in [0.25, 0.3) is 0 Å². The Balaban J connectivity index is 2.12. The molecule has 0 aromatic heterocycles. The SMILES string of the molecule is C=CCc1cc(CN2CCC(=O)NC[C@@H]2C)ccc1OC. The summed E-state index contributed by atoms with van der Waals surface area (Å²) in [5.74, 6) is 1.05. The molecule has 1 heterocycles. The summed E-state index contributed by atoms with van der Waals surface area (Å²) in [4.78, 5) is 13.8. The van der Waals surface area contributed by atoms with Crippen molar-refractivity contribution in [3.8, 4) is 5.75 Å². The molecule has 4 nitrogen and oxygen atoms in total. The first-order valence-electron chi connectivity index (χ1n) is 7.41. The van der Waals surface area contributed by atoms with Gasteiger partial charge in [-0.3, -0.25) is 9.69 Å². The van der Waals surface area contributed by atoms with Gasteiger partial charge in [-0.05, 0) is 30.5 Å². The van der Waals surface area contributed by atoms with Gasteiger partial charge in [-0.15, -0.1) is 6.58 Å². The van der Waals surface area contributed by atoms with Crippen LogP contribution in [0.2, 0.25) is 0 Å². The maximum absolute atomic E-state index is 11.5. The van der Waals surface area contributed by atoms with Crippen LogP contribution in [0, 0.1) is 0 Å². The number of hydrogen-bond acceptors (Lipinski definition) is 3. The fraction of sp³-hybridized carbons (Fsp3) is 0.471. The summed E-state index contributed by atoms with van der Waals surface area (Å²) in [5, 5.41) is 2.95. The predicted octanol–water partition coefficient (Wildman–Crippen LogP) is 2.13. The number of ether oxygens (including phenoxy) is 1. The third kappa shape index (κ3) is 4.08. The van der Waals surface area contributed by atoms with Crippen molar-refractivity contribution in [3.63, 3.8) is 0 Å². The van der Waals surface area contributed by atoms with Crippen LogP contribution in [-0.2, 0) is 17.8 Å². The third-order valence-electron chi connectivity index (χ3n) is 3.94. The number of allylic oxidation sites excluding steroid dienone is 1. The van der Waals surface area contributed by atoms with E-state index in [-0.39, 0.29) is 5.91 Å². The zero-order chi connectivity index (χ0) is 15.2. The van der Waals surface area contributed by atoms with Crippen LogP contribution in [0.3, 0.4) is 0 Å². The zero-order valence-corrected chi connectivity index (χ0v) is 12.9. The lowest BCUT2D eigenvalue weighted by molar-refractivity contribution is -0.120. The molecule has 0 aliphatic carbocycles. The van der Waals surface area contributed by atoms with Crippen LogP contribution in [0.1, 0.15) is 24.5 Å². The number of benzene rings is 1. The summed E-state index contributed by atoms with van der Waals surface area (Å²) in [6.45, 7) is 8.32. The Morgan fingerprint density at radius 1 is 1.52 bits per heavy atom. The average Bonchev–Trinajstić information content (AvgIpc) is 2.63. The topological polar surface area (TPSA) is 41.6 Å². The minimum atomic E-state index is 0.145. The fourth-order valence-corrected chi connectivity index (χ4v) is 2.66. The summed E-state index contributed by atoms with van der Waals surface area (Å²) in [7, 11) is 1.69. The van der Waals surface area contributed by atoms with Gasteiger partial charge in [-0.2, -0.15) is 0 Å². The summed E-state index contributed by atoms with van der Waals surface area (Å²) in [6.07, 6.45) is 3.26. The van der Waals surface area contributed by atoms with Crippen LogP contribution >= 0.6 is 0 Å². The molecule has 1 N–H and O–H groups in total. The Hall–Kier alpha value is -1.81. The van der Waals surface area contributed by atoms with Crippen molar-refractivity contribution in [3.05, 3.63) is 42.0 Å². The van der Waals surface area contributed by atoms with Gasteiger partial charge in [0.1, 0.15) is 5.75 Å². The van der Waals surface area contributed by atoms with Crippen LogP contribution in [-0.4, -0.2) is 37.0 Å². The molecule has 1 fully saturated rings. The second kappa shape index (κ2) is 7.27. The molecule has 1 aliphatic rings. The highest BCUT2D eigenvalue weighted by Crippen LogP contribution is 2.22. The minimum Gasteiger partial charge on any atom is -0.496 e. The van der Waals surface area contributed by atoms with Gasteiger partial charge in [0.2, 0.25) is 5.91 Å². The number of rotatable bonds is 5. The third-order valence-corrected chi connectivity index (χ3v) is 3.94. The molecule has 1 aliphatic heterocycles. The van der Waals surface area contributed by atoms with Crippen molar-refractivity contribution in [1.82, 2.24) is 10.2 Å². The van der Waals surface area contributed by atoms with Gasteiger partial charge in [0.15, 0.2) is 0 Å². The molecule has 0 saturated carbocycles. The number of methoxy groups -OCH3 is 1. The van der Waals surface area contributed by atoms with Crippen molar-refractivity contribution >= 4 is 5.91 Å². The monoisotopic (exact) mass is 288 g/mol. The van der Waals surface area contributed by atoms with E-state index in [0.29, 0.717) is 19.0 Å². The Kier molecular flexibility index (Phi) is 5.39. The molecular weight excluding hydrogens is 264 g/mol. The molecule has 1 amide bonds. The second-order valence-electron chi connectivity index (χ2n) is 5.51. The van der Waals surface area contributed by atoms with E-state index in [2.05, 4.69) is 35.9 Å². The first kappa shape index (κ1) is 15.6. The van der Waals surface area contributed by atoms with Crippen molar-refractivity contribution in [2.45, 2.75) is 32.4 Å². The van der Waals surface area contributed by atoms with Crippen molar-refractivity contribution in [1.29, 1.82) is 0 Å². The van der Waals surface area contributed by atoms with Gasteiger partial charge >= 0.3 is 0 Å². The van der Waals surface area contributed by atoms with E-state index >= 15 is 0 Å². The molecule has 0 radical (unpaired) electrons. The van der Waals surface area contributed by atoms with Crippen molar-refractivity contribution < 1.29 is 9.53 Å². The van der Waals surface area contributed by atoms with Gasteiger partial charge < -0.3 is 10.1 Å². The highest BCUT2D eigenvalue weighted by Gasteiger charge is 2.20. The van der Waals surface area contributed by atoms with E-state index in [1.165, 1.54) is 5.56 Å². The lowest BCUT2D eigenvalue weighted by Crippen LogP contribution is -2.37. The van der Waals surface area contributed by atoms with E-state index in [4.69, 9.17) is 4.74 Å². The first-order chi connectivity index (χ1) is 10.1.